The van der Waals surface area contributed by atoms with Gasteiger partial charge in [-0.2, -0.15) is 18.4 Å². The van der Waals surface area contributed by atoms with Crippen molar-refractivity contribution < 1.29 is 45.8 Å². The van der Waals surface area contributed by atoms with Gasteiger partial charge in [0.25, 0.3) is 5.91 Å². The molecule has 2 heterocycles. The van der Waals surface area contributed by atoms with Gasteiger partial charge in [0.1, 0.15) is 18.2 Å². The first kappa shape index (κ1) is 25.7. The summed E-state index contributed by atoms with van der Waals surface area (Å²) in [6.45, 7) is -0.975. The molecule has 2 atom stereocenters. The van der Waals surface area contributed by atoms with Crippen LogP contribution in [0, 0.1) is 11.3 Å². The van der Waals surface area contributed by atoms with Gasteiger partial charge in [-0.3, -0.25) is 14.5 Å². The Bertz CT molecular complexity index is 1260. The Morgan fingerprint density at radius 1 is 1.28 bits per heavy atom. The van der Waals surface area contributed by atoms with Crippen molar-refractivity contribution in [3.05, 3.63) is 23.8 Å². The number of ether oxygens (including phenoxy) is 1. The van der Waals surface area contributed by atoms with E-state index in [1.54, 1.807) is 0 Å². The van der Waals surface area contributed by atoms with Crippen molar-refractivity contribution in [1.29, 1.82) is 5.26 Å². The van der Waals surface area contributed by atoms with Crippen LogP contribution < -0.4 is 10.2 Å². The fourth-order valence-electron chi connectivity index (χ4n) is 4.32. The standard InChI is InChI=1S/C21H21F3N4O7S/c22-21(23,24)14-7-12(27-5-6-35-10-17(27)29)1-2-16(14)36(33,34)13-8-15(28(9-13)19(31)32)18(30)26-20(11-25)3-4-20/h1-2,7,13,15H,3-6,8-10H2,(H,26,30)(H,31,32)/t13-,15+/m1/s1. The Morgan fingerprint density at radius 2 is 1.97 bits per heavy atom. The normalized spacial score (nSPS) is 23.8. The second-order valence-corrected chi connectivity index (χ2v) is 11.0. The topological polar surface area (TPSA) is 157 Å². The van der Waals surface area contributed by atoms with Gasteiger partial charge >= 0.3 is 12.3 Å². The van der Waals surface area contributed by atoms with Crippen LogP contribution in [0.4, 0.5) is 23.7 Å². The number of nitriles is 1. The van der Waals surface area contributed by atoms with E-state index in [1.165, 1.54) is 0 Å². The van der Waals surface area contributed by atoms with E-state index in [1.807, 2.05) is 6.07 Å². The molecular formula is C21H21F3N4O7S. The number of carbonyl (C=O) groups is 3. The summed E-state index contributed by atoms with van der Waals surface area (Å²) >= 11 is 0. The van der Waals surface area contributed by atoms with Crippen molar-refractivity contribution >= 4 is 33.4 Å². The van der Waals surface area contributed by atoms with E-state index in [0.717, 1.165) is 17.0 Å². The highest BCUT2D eigenvalue weighted by atomic mass is 32.2. The van der Waals surface area contributed by atoms with E-state index in [4.69, 9.17) is 10.00 Å². The lowest BCUT2D eigenvalue weighted by molar-refractivity contribution is -0.140. The third-order valence-electron chi connectivity index (χ3n) is 6.45. The predicted octanol–water partition coefficient (Wildman–Crippen LogP) is 1.14. The van der Waals surface area contributed by atoms with Gasteiger partial charge in [0, 0.05) is 18.8 Å². The summed E-state index contributed by atoms with van der Waals surface area (Å²) < 4.78 is 73.5. The van der Waals surface area contributed by atoms with Crippen LogP contribution in [-0.2, 0) is 30.3 Å². The lowest BCUT2D eigenvalue weighted by Gasteiger charge is -2.28. The summed E-state index contributed by atoms with van der Waals surface area (Å²) in [5.74, 6) is -1.47. The molecule has 11 nitrogen and oxygen atoms in total. The zero-order chi connectivity index (χ0) is 26.5. The molecule has 194 valence electrons. The van der Waals surface area contributed by atoms with E-state index in [-0.39, 0.29) is 25.4 Å². The number of likely N-dealkylation sites (tertiary alicyclic amines) is 1. The molecule has 3 aliphatic rings. The van der Waals surface area contributed by atoms with Crippen LogP contribution in [0.5, 0.6) is 0 Å². The molecule has 0 unspecified atom stereocenters. The molecule has 3 fully saturated rings. The van der Waals surface area contributed by atoms with Gasteiger partial charge in [-0.1, -0.05) is 0 Å². The number of nitrogens with zero attached hydrogens (tertiary/aromatic N) is 3. The maximum Gasteiger partial charge on any atom is 0.417 e. The number of hydrogen-bond donors (Lipinski definition) is 2. The second kappa shape index (κ2) is 8.93. The monoisotopic (exact) mass is 530 g/mol. The van der Waals surface area contributed by atoms with E-state index < -0.39 is 74.2 Å². The molecule has 1 aromatic carbocycles. The van der Waals surface area contributed by atoms with Gasteiger partial charge in [-0.25, -0.2) is 13.2 Å². The van der Waals surface area contributed by atoms with Gasteiger partial charge in [-0.15, -0.1) is 0 Å². The zero-order valence-corrected chi connectivity index (χ0v) is 19.4. The molecule has 1 saturated carbocycles. The smallest absolute Gasteiger partial charge is 0.417 e. The number of alkyl halides is 3. The summed E-state index contributed by atoms with van der Waals surface area (Å²) in [6.07, 6.45) is -6.61. The lowest BCUT2D eigenvalue weighted by Crippen LogP contribution is -2.49. The summed E-state index contributed by atoms with van der Waals surface area (Å²) in [5, 5.41) is 19.4. The van der Waals surface area contributed by atoms with Crippen molar-refractivity contribution in [2.75, 3.05) is 31.2 Å². The van der Waals surface area contributed by atoms with Crippen LogP contribution in [0.2, 0.25) is 0 Å². The van der Waals surface area contributed by atoms with E-state index >= 15 is 0 Å². The first-order valence-electron chi connectivity index (χ1n) is 10.9. The Labute approximate surface area is 203 Å². The van der Waals surface area contributed by atoms with Crippen LogP contribution in [-0.4, -0.2) is 79.5 Å². The molecule has 2 aliphatic heterocycles. The predicted molar refractivity (Wildman–Crippen MR) is 114 cm³/mol. The highest BCUT2D eigenvalue weighted by Crippen LogP contribution is 2.40. The third kappa shape index (κ3) is 4.70. The van der Waals surface area contributed by atoms with Crippen LogP contribution in [0.15, 0.2) is 23.1 Å². The Balaban J connectivity index is 1.66. The van der Waals surface area contributed by atoms with Crippen molar-refractivity contribution in [2.45, 2.75) is 47.2 Å². The quantitative estimate of drug-likeness (QED) is 0.574. The fraction of sp³-hybridized carbons (Fsp3) is 0.524. The molecule has 1 aliphatic carbocycles. The highest BCUT2D eigenvalue weighted by molar-refractivity contribution is 7.92. The number of rotatable bonds is 5. The first-order valence-corrected chi connectivity index (χ1v) is 12.4. The number of halogens is 3. The Kier molecular flexibility index (Phi) is 6.38. The number of carboxylic acid groups (broad SMARTS) is 1. The minimum absolute atomic E-state index is 0.0145. The van der Waals surface area contributed by atoms with Gasteiger partial charge in [-0.05, 0) is 37.5 Å². The first-order chi connectivity index (χ1) is 16.8. The number of amides is 3. The van der Waals surface area contributed by atoms with Gasteiger partial charge in [0.05, 0.1) is 28.4 Å². The average Bonchev–Trinajstić information content (AvgIpc) is 3.42. The van der Waals surface area contributed by atoms with Crippen LogP contribution >= 0.6 is 0 Å². The molecule has 2 saturated heterocycles. The van der Waals surface area contributed by atoms with E-state index in [2.05, 4.69) is 5.32 Å². The fourth-order valence-corrected chi connectivity index (χ4v) is 6.21. The average molecular weight is 530 g/mol. The molecule has 4 rings (SSSR count). The summed E-state index contributed by atoms with van der Waals surface area (Å²) in [7, 11) is -4.78. The molecule has 2 N–H and O–H groups in total. The molecule has 3 amide bonds. The highest BCUT2D eigenvalue weighted by Gasteiger charge is 2.51. The molecule has 15 heteroatoms. The number of carbonyl (C=O) groups excluding carboxylic acids is 2. The number of nitrogens with one attached hydrogen (secondary N) is 1. The molecule has 0 spiro atoms. The van der Waals surface area contributed by atoms with Crippen molar-refractivity contribution in [1.82, 2.24) is 10.2 Å². The Morgan fingerprint density at radius 3 is 2.53 bits per heavy atom. The molecule has 0 bridgehead atoms. The minimum Gasteiger partial charge on any atom is -0.465 e. The minimum atomic E-state index is -5.11. The second-order valence-electron chi connectivity index (χ2n) is 8.81. The van der Waals surface area contributed by atoms with Crippen LogP contribution in [0.3, 0.4) is 0 Å². The van der Waals surface area contributed by atoms with Crippen molar-refractivity contribution in [3.8, 4) is 6.07 Å². The summed E-state index contributed by atoms with van der Waals surface area (Å²) in [5.41, 5.74) is -2.80. The van der Waals surface area contributed by atoms with E-state index in [0.29, 0.717) is 23.8 Å². The number of anilines is 1. The number of hydrogen-bond acceptors (Lipinski definition) is 7. The third-order valence-corrected chi connectivity index (χ3v) is 8.64. The Hall–Kier alpha value is -3.38. The van der Waals surface area contributed by atoms with Gasteiger partial charge in [0.2, 0.25) is 5.91 Å². The maximum absolute atomic E-state index is 14.0. The molecule has 36 heavy (non-hydrogen) atoms. The largest absolute Gasteiger partial charge is 0.465 e. The number of benzene rings is 1. The van der Waals surface area contributed by atoms with Crippen molar-refractivity contribution in [3.63, 3.8) is 0 Å². The number of morpholine rings is 1. The maximum atomic E-state index is 14.0. The summed E-state index contributed by atoms with van der Waals surface area (Å²) in [4.78, 5) is 37.0. The van der Waals surface area contributed by atoms with Gasteiger partial charge < -0.3 is 20.1 Å². The van der Waals surface area contributed by atoms with E-state index in [9.17, 15) is 41.1 Å². The SMILES string of the molecule is N#CC1(NC(=O)[C@@H]2C[C@@H](S(=O)(=O)c3ccc(N4CCOCC4=O)cc3C(F)(F)F)CN2C(=O)O)CC1. The summed E-state index contributed by atoms with van der Waals surface area (Å²) in [6, 6.07) is 2.78. The zero-order valence-electron chi connectivity index (χ0n) is 18.6. The molecular weight excluding hydrogens is 509 g/mol. The number of sulfone groups is 1. The lowest BCUT2D eigenvalue weighted by atomic mass is 10.1. The molecule has 0 aromatic heterocycles. The van der Waals surface area contributed by atoms with Crippen LogP contribution in [0.25, 0.3) is 0 Å². The van der Waals surface area contributed by atoms with Crippen molar-refractivity contribution in [2.24, 2.45) is 0 Å². The van der Waals surface area contributed by atoms with Gasteiger partial charge in [0.15, 0.2) is 9.84 Å². The van der Waals surface area contributed by atoms with Crippen LogP contribution in [0.1, 0.15) is 24.8 Å². The molecule has 1 aromatic rings. The molecule has 0 radical (unpaired) electrons.